The molecule has 2 unspecified atom stereocenters. The Labute approximate surface area is 389 Å². The standard InChI is InChI=1S/C54H50O8P4/c1-5-59-65(57,60-6-2)53-47(55)51(63(43-35-23-13-24-36-43)49(53)41-31-19-11-20-32-41)45(39-27-15-9-16-28-39)46(40-29-17-10-18-30-40)52-48(56)54(66(58,61-7-3)62-8-4)50(42-33-21-12-22-34-42)64(52)44-37-25-14-26-38-44/h9-38H,5-8H2,1-4H3/b51-45-,52-46-. The maximum atomic E-state index is 16.3. The van der Waals surface area contributed by atoms with Gasteiger partial charge in [0.25, 0.3) is 0 Å². The van der Waals surface area contributed by atoms with Gasteiger partial charge in [-0.25, -0.2) is 0 Å². The van der Waals surface area contributed by atoms with Crippen molar-refractivity contribution in [2.24, 2.45) is 0 Å². The maximum Gasteiger partial charge on any atom is 0.365 e. The van der Waals surface area contributed by atoms with Crippen LogP contribution in [0.25, 0.3) is 21.8 Å². The Kier molecular flexibility index (Phi) is 15.2. The summed E-state index contributed by atoms with van der Waals surface area (Å²) in [5.41, 5.74) is 3.64. The number of hydrogen-bond donors (Lipinski definition) is 0. The van der Waals surface area contributed by atoms with Crippen molar-refractivity contribution in [2.45, 2.75) is 27.7 Å². The average molecular weight is 951 g/mol. The number of carbonyl (C=O) groups excluding carboxylic acids is 2. The fourth-order valence-corrected chi connectivity index (χ4v) is 18.9. The van der Waals surface area contributed by atoms with Crippen molar-refractivity contribution >= 4 is 75.0 Å². The first-order valence-electron chi connectivity index (χ1n) is 22.0. The number of hydrogen-bond acceptors (Lipinski definition) is 8. The normalized spacial score (nSPS) is 18.3. The van der Waals surface area contributed by atoms with Gasteiger partial charge in [-0.3, -0.25) is 18.7 Å². The summed E-state index contributed by atoms with van der Waals surface area (Å²) < 4.78 is 55.4. The summed E-state index contributed by atoms with van der Waals surface area (Å²) in [6, 6.07) is 57.7. The molecule has 6 aromatic rings. The zero-order valence-electron chi connectivity index (χ0n) is 37.2. The Morgan fingerprint density at radius 1 is 0.394 bits per heavy atom. The first-order chi connectivity index (χ1) is 32.2. The minimum atomic E-state index is -4.31. The highest BCUT2D eigenvalue weighted by Crippen LogP contribution is 2.77. The predicted molar refractivity (Wildman–Crippen MR) is 271 cm³/mol. The van der Waals surface area contributed by atoms with E-state index in [0.29, 0.717) is 54.7 Å². The molecule has 0 fully saturated rings. The van der Waals surface area contributed by atoms with E-state index in [1.54, 1.807) is 27.7 Å². The third-order valence-electron chi connectivity index (χ3n) is 10.9. The third kappa shape index (κ3) is 9.11. The Bertz CT molecular complexity index is 2710. The molecule has 8 rings (SSSR count). The van der Waals surface area contributed by atoms with Gasteiger partial charge in [-0.1, -0.05) is 182 Å². The number of allylic oxidation sites excluding steroid dienone is 6. The van der Waals surface area contributed by atoms with E-state index in [2.05, 4.69) is 0 Å². The maximum absolute atomic E-state index is 16.3. The summed E-state index contributed by atoms with van der Waals surface area (Å²) >= 11 is 0. The van der Waals surface area contributed by atoms with E-state index in [1.165, 1.54) is 0 Å². The fraction of sp³-hybridized carbons (Fsp3) is 0.148. The summed E-state index contributed by atoms with van der Waals surface area (Å²) in [4.78, 5) is 32.6. The molecule has 334 valence electrons. The minimum absolute atomic E-state index is 0.0234. The predicted octanol–water partition coefficient (Wildman–Crippen LogP) is 13.9. The molecule has 0 amide bonds. The van der Waals surface area contributed by atoms with Crippen LogP contribution in [0.2, 0.25) is 0 Å². The second-order valence-corrected chi connectivity index (χ2v) is 23.1. The molecular formula is C54H50O8P4. The number of carbonyl (C=O) groups is 2. The van der Waals surface area contributed by atoms with Crippen LogP contribution >= 0.6 is 31.0 Å². The van der Waals surface area contributed by atoms with E-state index in [-0.39, 0.29) is 37.1 Å². The van der Waals surface area contributed by atoms with Crippen molar-refractivity contribution in [1.29, 1.82) is 0 Å². The van der Waals surface area contributed by atoms with Crippen molar-refractivity contribution in [1.82, 2.24) is 0 Å². The van der Waals surface area contributed by atoms with Crippen LogP contribution in [0.5, 0.6) is 0 Å². The van der Waals surface area contributed by atoms with Crippen LogP contribution in [-0.2, 0) is 36.8 Å². The highest BCUT2D eigenvalue weighted by Gasteiger charge is 2.53. The van der Waals surface area contributed by atoms with E-state index >= 15 is 18.7 Å². The molecule has 2 atom stereocenters. The molecule has 0 saturated heterocycles. The molecule has 0 N–H and O–H groups in total. The molecule has 2 aliphatic heterocycles. The van der Waals surface area contributed by atoms with Crippen molar-refractivity contribution in [3.63, 3.8) is 0 Å². The first kappa shape index (κ1) is 47.3. The van der Waals surface area contributed by atoms with Crippen LogP contribution in [0.4, 0.5) is 0 Å². The van der Waals surface area contributed by atoms with Gasteiger partial charge >= 0.3 is 15.2 Å². The van der Waals surface area contributed by atoms with Gasteiger partial charge in [0.2, 0.25) is 11.6 Å². The van der Waals surface area contributed by atoms with Crippen LogP contribution in [0.3, 0.4) is 0 Å². The molecule has 0 aliphatic carbocycles. The van der Waals surface area contributed by atoms with Crippen LogP contribution in [-0.4, -0.2) is 38.0 Å². The SMILES string of the molecule is CCOP(=O)(OCC)C1=C(c2ccccc2)P(c2ccccc2)/C(=C(\C(=C2\C(=O)C(P(=O)(OCC)OCC)=C(c3ccccc3)P2c2ccccc2)c2ccccc2)c2ccccc2)C1=O. The Morgan fingerprint density at radius 3 is 0.924 bits per heavy atom. The zero-order chi connectivity index (χ0) is 46.3. The lowest BCUT2D eigenvalue weighted by Gasteiger charge is -2.26. The second-order valence-electron chi connectivity index (χ2n) is 15.0. The molecule has 0 bridgehead atoms. The van der Waals surface area contributed by atoms with Crippen LogP contribution in [0, 0.1) is 0 Å². The number of ketones is 2. The lowest BCUT2D eigenvalue weighted by Crippen LogP contribution is -2.13. The molecule has 8 nitrogen and oxygen atoms in total. The van der Waals surface area contributed by atoms with Gasteiger partial charge in [0.05, 0.1) is 26.4 Å². The summed E-state index contributed by atoms with van der Waals surface area (Å²) in [7, 11) is -12.4. The second kappa shape index (κ2) is 21.2. The Morgan fingerprint density at radius 2 is 0.652 bits per heavy atom. The lowest BCUT2D eigenvalue weighted by atomic mass is 9.90. The molecule has 12 heteroatoms. The van der Waals surface area contributed by atoms with E-state index in [4.69, 9.17) is 18.1 Å². The van der Waals surface area contributed by atoms with Crippen LogP contribution in [0.15, 0.2) is 203 Å². The summed E-state index contributed by atoms with van der Waals surface area (Å²) in [5, 5.41) is 3.39. The molecule has 0 saturated carbocycles. The lowest BCUT2D eigenvalue weighted by molar-refractivity contribution is -0.111. The summed E-state index contributed by atoms with van der Waals surface area (Å²) in [6.45, 7) is 7.01. The van der Waals surface area contributed by atoms with Gasteiger partial charge in [-0.15, -0.1) is 0 Å². The highest BCUT2D eigenvalue weighted by molar-refractivity contribution is 7.84. The molecule has 0 spiro atoms. The summed E-state index contributed by atoms with van der Waals surface area (Å²) in [5.74, 6) is -0.996. The quantitative estimate of drug-likeness (QED) is 0.0657. The van der Waals surface area contributed by atoms with Crippen molar-refractivity contribution in [3.8, 4) is 0 Å². The van der Waals surface area contributed by atoms with E-state index < -0.39 is 42.6 Å². The molecule has 2 heterocycles. The van der Waals surface area contributed by atoms with Gasteiger partial charge in [0.15, 0.2) is 0 Å². The van der Waals surface area contributed by atoms with Crippen molar-refractivity contribution < 1.29 is 36.8 Å². The monoisotopic (exact) mass is 950 g/mol. The van der Waals surface area contributed by atoms with Gasteiger partial charge in [0, 0.05) is 32.4 Å². The smallest absolute Gasteiger partial charge is 0.305 e. The van der Waals surface area contributed by atoms with Crippen LogP contribution < -0.4 is 10.6 Å². The van der Waals surface area contributed by atoms with E-state index in [9.17, 15) is 0 Å². The number of benzene rings is 6. The molecule has 0 aromatic heterocycles. The molecule has 0 radical (unpaired) electrons. The van der Waals surface area contributed by atoms with Gasteiger partial charge in [-0.05, 0) is 76.4 Å². The molecule has 6 aromatic carbocycles. The van der Waals surface area contributed by atoms with Gasteiger partial charge < -0.3 is 18.1 Å². The van der Waals surface area contributed by atoms with E-state index in [1.807, 2.05) is 182 Å². The number of Topliss-reactive ketones (excluding diaryl/α,β-unsaturated/α-hetero) is 2. The van der Waals surface area contributed by atoms with E-state index in [0.717, 1.165) is 10.6 Å². The summed E-state index contributed by atoms with van der Waals surface area (Å²) in [6.07, 6.45) is 0. The fourth-order valence-electron chi connectivity index (χ4n) is 8.45. The van der Waals surface area contributed by atoms with Gasteiger partial charge in [-0.2, -0.15) is 0 Å². The topological polar surface area (TPSA) is 105 Å². The zero-order valence-corrected chi connectivity index (χ0v) is 40.8. The minimum Gasteiger partial charge on any atom is -0.305 e. The highest BCUT2D eigenvalue weighted by atomic mass is 31.2. The average Bonchev–Trinajstić information content (AvgIpc) is 3.84. The first-order valence-corrected chi connectivity index (χ1v) is 27.8. The Hall–Kier alpha value is -5.22. The van der Waals surface area contributed by atoms with Gasteiger partial charge in [0.1, 0.15) is 10.6 Å². The molecule has 2 aliphatic rings. The largest absolute Gasteiger partial charge is 0.365 e. The van der Waals surface area contributed by atoms with Crippen molar-refractivity contribution in [3.05, 3.63) is 226 Å². The number of rotatable bonds is 17. The van der Waals surface area contributed by atoms with Crippen LogP contribution in [0.1, 0.15) is 49.9 Å². The molecular weight excluding hydrogens is 900 g/mol. The third-order valence-corrected chi connectivity index (χ3v) is 20.8. The Balaban J connectivity index is 1.62. The van der Waals surface area contributed by atoms with Crippen molar-refractivity contribution in [2.75, 3.05) is 26.4 Å². The molecule has 66 heavy (non-hydrogen) atoms.